The van der Waals surface area contributed by atoms with Crippen LogP contribution < -0.4 is 0 Å². The minimum absolute atomic E-state index is 0.562. The molecule has 3 heterocycles. The Morgan fingerprint density at radius 3 is 1.25 bits per heavy atom. The molecule has 5 heteroatoms. The van der Waals surface area contributed by atoms with Gasteiger partial charge in [-0.1, -0.05) is 206 Å². The van der Waals surface area contributed by atoms with Crippen LogP contribution in [0.15, 0.2) is 237 Å². The summed E-state index contributed by atoms with van der Waals surface area (Å²) in [7, 11) is 0. The highest BCUT2D eigenvalue weighted by Crippen LogP contribution is 2.43. The normalized spacial score (nSPS) is 11.8. The molecule has 316 valence electrons. The van der Waals surface area contributed by atoms with Crippen molar-refractivity contribution in [1.82, 2.24) is 24.1 Å². The highest BCUT2D eigenvalue weighted by molar-refractivity contribution is 6.28. The molecule has 0 aliphatic rings. The van der Waals surface area contributed by atoms with Crippen molar-refractivity contribution in [3.63, 3.8) is 0 Å². The lowest BCUT2D eigenvalue weighted by Crippen LogP contribution is -2.06. The van der Waals surface area contributed by atoms with Crippen LogP contribution in [0.3, 0.4) is 0 Å². The molecular weight excluding hydrogens is 827 g/mol. The Hall–Kier alpha value is -9.19. The largest absolute Gasteiger partial charge is 0.309 e. The van der Waals surface area contributed by atoms with Gasteiger partial charge in [0.15, 0.2) is 11.6 Å². The van der Waals surface area contributed by atoms with E-state index in [1.807, 2.05) is 24.3 Å². The average molecular weight is 866 g/mol. The maximum Gasteiger partial charge on any atom is 0.238 e. The zero-order valence-corrected chi connectivity index (χ0v) is 36.8. The summed E-state index contributed by atoms with van der Waals surface area (Å²) in [5.41, 5.74) is 12.0. The van der Waals surface area contributed by atoms with Crippen LogP contribution in [0.4, 0.5) is 0 Å². The molecule has 14 rings (SSSR count). The first-order valence-corrected chi connectivity index (χ1v) is 23.1. The van der Waals surface area contributed by atoms with E-state index in [1.54, 1.807) is 0 Å². The van der Waals surface area contributed by atoms with Gasteiger partial charge in [-0.05, 0) is 84.9 Å². The van der Waals surface area contributed by atoms with Crippen molar-refractivity contribution in [3.8, 4) is 56.7 Å². The third-order valence-electron chi connectivity index (χ3n) is 13.8. The zero-order valence-electron chi connectivity index (χ0n) is 36.8. The van der Waals surface area contributed by atoms with Gasteiger partial charge in [-0.2, -0.15) is 9.97 Å². The fourth-order valence-electron chi connectivity index (χ4n) is 10.6. The Morgan fingerprint density at radius 2 is 0.662 bits per heavy atom. The van der Waals surface area contributed by atoms with E-state index < -0.39 is 0 Å². The SMILES string of the molecule is c1ccc(-c2ccc(-c3ccc(-c4nc(-c5ccccc5)nc(-n5c6ccccc6c6c5ccc5c7ccccc7n(-c7ccc8c9ccccc9c9ccccc9c8c7)c56)n4)cc3)cc2)cc1. The van der Waals surface area contributed by atoms with Crippen LogP contribution >= 0.6 is 0 Å². The number of benzene rings is 11. The Labute approximate surface area is 391 Å². The van der Waals surface area contributed by atoms with E-state index in [1.165, 1.54) is 54.2 Å². The second-order valence-electron chi connectivity index (χ2n) is 17.6. The zero-order chi connectivity index (χ0) is 44.7. The monoisotopic (exact) mass is 865 g/mol. The van der Waals surface area contributed by atoms with Crippen LogP contribution in [-0.4, -0.2) is 24.1 Å². The van der Waals surface area contributed by atoms with E-state index in [-0.39, 0.29) is 0 Å². The van der Waals surface area contributed by atoms with Gasteiger partial charge in [0.25, 0.3) is 0 Å². The molecule has 0 atom stereocenters. The van der Waals surface area contributed by atoms with Crippen molar-refractivity contribution in [2.75, 3.05) is 0 Å². The van der Waals surface area contributed by atoms with Crippen molar-refractivity contribution in [2.24, 2.45) is 0 Å². The highest BCUT2D eigenvalue weighted by Gasteiger charge is 2.23. The van der Waals surface area contributed by atoms with Crippen LogP contribution in [0, 0.1) is 0 Å². The predicted molar refractivity (Wildman–Crippen MR) is 283 cm³/mol. The summed E-state index contributed by atoms with van der Waals surface area (Å²) in [6, 6.07) is 84.6. The fourth-order valence-corrected chi connectivity index (χ4v) is 10.6. The number of aromatic nitrogens is 5. The van der Waals surface area contributed by atoms with E-state index in [4.69, 9.17) is 15.0 Å². The van der Waals surface area contributed by atoms with E-state index in [9.17, 15) is 0 Å². The lowest BCUT2D eigenvalue weighted by atomic mass is 9.94. The van der Waals surface area contributed by atoms with E-state index in [0.29, 0.717) is 17.6 Å². The van der Waals surface area contributed by atoms with Crippen molar-refractivity contribution in [2.45, 2.75) is 0 Å². The summed E-state index contributed by atoms with van der Waals surface area (Å²) >= 11 is 0. The molecule has 0 radical (unpaired) electrons. The highest BCUT2D eigenvalue weighted by atomic mass is 15.2. The topological polar surface area (TPSA) is 48.5 Å². The predicted octanol–water partition coefficient (Wildman–Crippen LogP) is 16.2. The molecule has 0 spiro atoms. The molecule has 0 fully saturated rings. The maximum absolute atomic E-state index is 5.34. The van der Waals surface area contributed by atoms with Gasteiger partial charge < -0.3 is 4.57 Å². The second-order valence-corrected chi connectivity index (χ2v) is 17.6. The lowest BCUT2D eigenvalue weighted by Gasteiger charge is -2.14. The Bertz CT molecular complexity index is 4250. The Kier molecular flexibility index (Phi) is 8.52. The average Bonchev–Trinajstić information content (AvgIpc) is 3.94. The number of hydrogen-bond donors (Lipinski definition) is 0. The summed E-state index contributed by atoms with van der Waals surface area (Å²) in [4.78, 5) is 15.8. The molecule has 0 N–H and O–H groups in total. The molecule has 0 amide bonds. The summed E-state index contributed by atoms with van der Waals surface area (Å²) in [6.45, 7) is 0. The van der Waals surface area contributed by atoms with Gasteiger partial charge in [-0.3, -0.25) is 4.57 Å². The van der Waals surface area contributed by atoms with Crippen LogP contribution in [0.1, 0.15) is 0 Å². The van der Waals surface area contributed by atoms with Gasteiger partial charge in [0.2, 0.25) is 5.95 Å². The molecule has 68 heavy (non-hydrogen) atoms. The van der Waals surface area contributed by atoms with Crippen LogP contribution in [-0.2, 0) is 0 Å². The standard InChI is InChI=1S/C63H39N5/c1-3-15-40(16-4-1)41-27-29-42(30-28-41)43-31-33-45(34-32-43)62-64-61(44-17-5-2-6-18-44)65-63(66-62)68-57-26-14-12-24-54(57)59-58(68)38-37-53-52-23-11-13-25-56(52)67(60(53)59)46-35-36-51-49-21-8-7-19-47(49)48-20-9-10-22-50(48)55(51)39-46/h1-39H. The molecule has 0 saturated carbocycles. The van der Waals surface area contributed by atoms with E-state index in [0.717, 1.165) is 60.8 Å². The minimum atomic E-state index is 0.562. The second kappa shape index (κ2) is 15.2. The van der Waals surface area contributed by atoms with Crippen LogP contribution in [0.5, 0.6) is 0 Å². The number of fused-ring (bicyclic) bond motifs is 13. The molecule has 0 aliphatic heterocycles. The van der Waals surface area contributed by atoms with Gasteiger partial charge >= 0.3 is 0 Å². The van der Waals surface area contributed by atoms with Gasteiger partial charge in [0.1, 0.15) is 0 Å². The van der Waals surface area contributed by atoms with Gasteiger partial charge in [-0.15, -0.1) is 0 Å². The lowest BCUT2D eigenvalue weighted by molar-refractivity contribution is 0.953. The number of para-hydroxylation sites is 2. The molecule has 0 saturated heterocycles. The summed E-state index contributed by atoms with van der Waals surface area (Å²) in [6.07, 6.45) is 0. The van der Waals surface area contributed by atoms with Crippen molar-refractivity contribution >= 4 is 75.9 Å². The van der Waals surface area contributed by atoms with E-state index >= 15 is 0 Å². The van der Waals surface area contributed by atoms with Gasteiger partial charge in [-0.25, -0.2) is 4.98 Å². The third kappa shape index (κ3) is 5.93. The number of rotatable bonds is 6. The first kappa shape index (κ1) is 38.1. The van der Waals surface area contributed by atoms with Crippen LogP contribution in [0.2, 0.25) is 0 Å². The smallest absolute Gasteiger partial charge is 0.238 e. The molecule has 14 aromatic rings. The maximum atomic E-state index is 5.34. The molecule has 3 aromatic heterocycles. The summed E-state index contributed by atoms with van der Waals surface area (Å²) in [5.74, 6) is 1.78. The minimum Gasteiger partial charge on any atom is -0.309 e. The van der Waals surface area contributed by atoms with E-state index in [2.05, 4.69) is 221 Å². The molecule has 0 bridgehead atoms. The number of nitrogens with zero attached hydrogens (tertiary/aromatic N) is 5. The quantitative estimate of drug-likeness (QED) is 0.156. The van der Waals surface area contributed by atoms with Crippen LogP contribution in [0.25, 0.3) is 133 Å². The summed E-state index contributed by atoms with van der Waals surface area (Å²) < 4.78 is 4.70. The molecular formula is C63H39N5. The number of hydrogen-bond acceptors (Lipinski definition) is 3. The van der Waals surface area contributed by atoms with Gasteiger partial charge in [0.05, 0.1) is 22.1 Å². The first-order chi connectivity index (χ1) is 33.7. The summed E-state index contributed by atoms with van der Waals surface area (Å²) in [5, 5.41) is 12.2. The van der Waals surface area contributed by atoms with Crippen molar-refractivity contribution in [1.29, 1.82) is 0 Å². The van der Waals surface area contributed by atoms with Crippen molar-refractivity contribution in [3.05, 3.63) is 237 Å². The Morgan fingerprint density at radius 1 is 0.250 bits per heavy atom. The molecule has 5 nitrogen and oxygen atoms in total. The fraction of sp³-hybridized carbons (Fsp3) is 0. The Balaban J connectivity index is 0.980. The third-order valence-corrected chi connectivity index (χ3v) is 13.8. The van der Waals surface area contributed by atoms with Gasteiger partial charge in [0, 0.05) is 38.4 Å². The molecule has 11 aromatic carbocycles. The first-order valence-electron chi connectivity index (χ1n) is 23.1. The molecule has 0 unspecified atom stereocenters. The molecule has 0 aliphatic carbocycles. The van der Waals surface area contributed by atoms with Crippen molar-refractivity contribution < 1.29 is 0 Å².